The standard InChI is InChI=1S/C20H23F3N4O2/c1-19(2,3)29-18(28)27-16(20(21,22)23)12-9-10-14(15(24)11-12)17(25)26-13-7-5-4-6-8-13/h4-11,16,24,26H,25H2,1-3H3,(H,27,28)/b17-14-,24-15?. The van der Waals surface area contributed by atoms with Crippen LogP contribution in [-0.2, 0) is 4.74 Å². The SMILES string of the molecule is CC(C)(C)OC(=O)NC(C1=CC(=N)/C(=C(/N)Nc2ccccc2)C=C1)C(F)(F)F. The summed E-state index contributed by atoms with van der Waals surface area (Å²) >= 11 is 0. The minimum atomic E-state index is -4.78. The number of carbonyl (C=O) groups is 1. The molecule has 1 aliphatic rings. The lowest BCUT2D eigenvalue weighted by Crippen LogP contribution is -2.48. The summed E-state index contributed by atoms with van der Waals surface area (Å²) in [7, 11) is 0. The maximum Gasteiger partial charge on any atom is 0.412 e. The molecule has 0 bridgehead atoms. The van der Waals surface area contributed by atoms with Crippen molar-refractivity contribution in [2.45, 2.75) is 38.6 Å². The van der Waals surface area contributed by atoms with Gasteiger partial charge < -0.3 is 26.5 Å². The van der Waals surface area contributed by atoms with E-state index in [2.05, 4.69) is 5.32 Å². The van der Waals surface area contributed by atoms with Gasteiger partial charge in [-0.2, -0.15) is 13.2 Å². The molecule has 1 amide bonds. The van der Waals surface area contributed by atoms with Crippen LogP contribution in [0, 0.1) is 5.41 Å². The van der Waals surface area contributed by atoms with Gasteiger partial charge >= 0.3 is 12.3 Å². The number of carbonyl (C=O) groups excluding carboxylic acids is 1. The molecular weight excluding hydrogens is 385 g/mol. The third kappa shape index (κ3) is 6.41. The zero-order chi connectivity index (χ0) is 21.8. The quantitative estimate of drug-likeness (QED) is 0.599. The molecule has 1 unspecified atom stereocenters. The fourth-order valence-electron chi connectivity index (χ4n) is 2.50. The van der Waals surface area contributed by atoms with E-state index in [9.17, 15) is 18.0 Å². The van der Waals surface area contributed by atoms with Gasteiger partial charge in [-0.1, -0.05) is 24.3 Å². The van der Waals surface area contributed by atoms with E-state index in [1.54, 1.807) is 45.0 Å². The Bertz CT molecular complexity index is 866. The average molecular weight is 408 g/mol. The van der Waals surface area contributed by atoms with E-state index in [1.165, 1.54) is 12.2 Å². The van der Waals surface area contributed by atoms with Gasteiger partial charge in [-0.05, 0) is 50.6 Å². The first-order valence-corrected chi connectivity index (χ1v) is 8.73. The van der Waals surface area contributed by atoms with E-state index in [4.69, 9.17) is 15.9 Å². The number of alkyl halides is 3. The van der Waals surface area contributed by atoms with E-state index in [-0.39, 0.29) is 22.7 Å². The molecular formula is C20H23F3N4O2. The van der Waals surface area contributed by atoms with Crippen molar-refractivity contribution in [3.63, 3.8) is 0 Å². The lowest BCUT2D eigenvalue weighted by molar-refractivity contribution is -0.145. The first-order valence-electron chi connectivity index (χ1n) is 8.73. The summed E-state index contributed by atoms with van der Waals surface area (Å²) in [5.74, 6) is 0.122. The first kappa shape index (κ1) is 22.1. The lowest BCUT2D eigenvalue weighted by atomic mass is 9.95. The number of nitrogens with one attached hydrogen (secondary N) is 3. The van der Waals surface area contributed by atoms with Crippen molar-refractivity contribution in [2.75, 3.05) is 5.32 Å². The summed E-state index contributed by atoms with van der Waals surface area (Å²) < 4.78 is 45.4. The molecule has 29 heavy (non-hydrogen) atoms. The van der Waals surface area contributed by atoms with Crippen LogP contribution in [0.5, 0.6) is 0 Å². The molecule has 1 aliphatic carbocycles. The molecule has 0 aliphatic heterocycles. The highest BCUT2D eigenvalue weighted by Gasteiger charge is 2.43. The first-order chi connectivity index (χ1) is 13.4. The predicted octanol–water partition coefficient (Wildman–Crippen LogP) is 4.24. The van der Waals surface area contributed by atoms with E-state index in [0.717, 1.165) is 6.08 Å². The molecule has 1 aromatic rings. The molecule has 0 spiro atoms. The minimum Gasteiger partial charge on any atom is -0.444 e. The Kier molecular flexibility index (Phi) is 6.41. The molecule has 2 rings (SSSR count). The van der Waals surface area contributed by atoms with Gasteiger partial charge in [-0.25, -0.2) is 4.79 Å². The number of hydrogen-bond acceptors (Lipinski definition) is 5. The van der Waals surface area contributed by atoms with Crippen molar-refractivity contribution >= 4 is 17.5 Å². The Morgan fingerprint density at radius 3 is 2.28 bits per heavy atom. The van der Waals surface area contributed by atoms with Gasteiger partial charge in [0.15, 0.2) is 6.04 Å². The molecule has 9 heteroatoms. The number of amides is 1. The second-order valence-corrected chi connectivity index (χ2v) is 7.33. The van der Waals surface area contributed by atoms with Crippen molar-refractivity contribution in [1.29, 1.82) is 5.41 Å². The van der Waals surface area contributed by atoms with Crippen LogP contribution in [-0.4, -0.2) is 29.6 Å². The fraction of sp³-hybridized carbons (Fsp3) is 0.300. The highest BCUT2D eigenvalue weighted by Crippen LogP contribution is 2.29. The van der Waals surface area contributed by atoms with Crippen LogP contribution in [0.1, 0.15) is 20.8 Å². The van der Waals surface area contributed by atoms with Crippen LogP contribution in [0.2, 0.25) is 0 Å². The zero-order valence-corrected chi connectivity index (χ0v) is 16.2. The van der Waals surface area contributed by atoms with Crippen LogP contribution in [0.3, 0.4) is 0 Å². The van der Waals surface area contributed by atoms with Crippen LogP contribution in [0.4, 0.5) is 23.7 Å². The van der Waals surface area contributed by atoms with E-state index in [0.29, 0.717) is 5.69 Å². The maximum absolute atomic E-state index is 13.5. The minimum absolute atomic E-state index is 0.122. The molecule has 6 nitrogen and oxygen atoms in total. The lowest BCUT2D eigenvalue weighted by Gasteiger charge is -2.27. The van der Waals surface area contributed by atoms with Crippen LogP contribution in [0.25, 0.3) is 0 Å². The number of hydrogen-bond donors (Lipinski definition) is 4. The van der Waals surface area contributed by atoms with Crippen LogP contribution < -0.4 is 16.4 Å². The third-order valence-electron chi connectivity index (χ3n) is 3.71. The van der Waals surface area contributed by atoms with Gasteiger partial charge in [0.25, 0.3) is 0 Å². The number of benzene rings is 1. The highest BCUT2D eigenvalue weighted by atomic mass is 19.4. The summed E-state index contributed by atoms with van der Waals surface area (Å²) in [6.45, 7) is 4.64. The molecule has 0 fully saturated rings. The molecule has 1 atom stereocenters. The number of para-hydroxylation sites is 1. The molecule has 5 N–H and O–H groups in total. The summed E-state index contributed by atoms with van der Waals surface area (Å²) in [5.41, 5.74) is 5.40. The molecule has 0 aromatic heterocycles. The largest absolute Gasteiger partial charge is 0.444 e. The fourth-order valence-corrected chi connectivity index (χ4v) is 2.50. The molecule has 156 valence electrons. The zero-order valence-electron chi connectivity index (χ0n) is 16.2. The summed E-state index contributed by atoms with van der Waals surface area (Å²) in [6.07, 6.45) is -2.49. The average Bonchev–Trinajstić information content (AvgIpc) is 2.58. The van der Waals surface area contributed by atoms with Crippen LogP contribution >= 0.6 is 0 Å². The van der Waals surface area contributed by atoms with Gasteiger partial charge in [0.2, 0.25) is 0 Å². The number of anilines is 1. The maximum atomic E-state index is 13.5. The number of nitrogens with two attached hydrogens (primary N) is 1. The van der Waals surface area contributed by atoms with Gasteiger partial charge in [0, 0.05) is 11.3 Å². The van der Waals surface area contributed by atoms with Crippen molar-refractivity contribution in [3.8, 4) is 0 Å². The van der Waals surface area contributed by atoms with E-state index in [1.807, 2.05) is 11.4 Å². The second kappa shape index (κ2) is 8.42. The molecule has 1 aromatic carbocycles. The summed E-state index contributed by atoms with van der Waals surface area (Å²) in [6, 6.07) is 6.59. The molecule has 0 heterocycles. The highest BCUT2D eigenvalue weighted by molar-refractivity contribution is 6.11. The van der Waals surface area contributed by atoms with Gasteiger partial charge in [0.05, 0.1) is 5.71 Å². The van der Waals surface area contributed by atoms with Crippen molar-refractivity contribution in [1.82, 2.24) is 5.32 Å². The summed E-state index contributed by atoms with van der Waals surface area (Å²) in [5, 5.41) is 12.8. The van der Waals surface area contributed by atoms with Crippen molar-refractivity contribution < 1.29 is 22.7 Å². The normalized spacial score (nSPS) is 17.3. The van der Waals surface area contributed by atoms with Gasteiger partial charge in [-0.3, -0.25) is 0 Å². The number of halogens is 3. The Morgan fingerprint density at radius 1 is 1.14 bits per heavy atom. The molecule has 0 saturated carbocycles. The molecule has 0 radical (unpaired) electrons. The molecule has 0 saturated heterocycles. The Hall–Kier alpha value is -3.23. The van der Waals surface area contributed by atoms with E-state index >= 15 is 0 Å². The number of alkyl carbamates (subject to hydrolysis) is 1. The Labute approximate surface area is 166 Å². The number of ether oxygens (including phenoxy) is 1. The van der Waals surface area contributed by atoms with Crippen molar-refractivity contribution in [3.05, 3.63) is 65.5 Å². The van der Waals surface area contributed by atoms with Crippen LogP contribution in [0.15, 0.2) is 65.5 Å². The summed E-state index contributed by atoms with van der Waals surface area (Å²) in [4.78, 5) is 11.8. The smallest absolute Gasteiger partial charge is 0.412 e. The van der Waals surface area contributed by atoms with Crippen molar-refractivity contribution in [2.24, 2.45) is 5.73 Å². The second-order valence-electron chi connectivity index (χ2n) is 7.33. The topological polar surface area (TPSA) is 100 Å². The van der Waals surface area contributed by atoms with Gasteiger partial charge in [-0.15, -0.1) is 0 Å². The van der Waals surface area contributed by atoms with E-state index < -0.39 is 23.9 Å². The monoisotopic (exact) mass is 408 g/mol. The van der Waals surface area contributed by atoms with Gasteiger partial charge in [0.1, 0.15) is 11.4 Å². The third-order valence-corrected chi connectivity index (χ3v) is 3.71. The number of rotatable bonds is 4. The number of allylic oxidation sites excluding steroid dienone is 3. The Balaban J connectivity index is 2.22. The predicted molar refractivity (Wildman–Crippen MR) is 105 cm³/mol. The Morgan fingerprint density at radius 2 is 1.76 bits per heavy atom.